The van der Waals surface area contributed by atoms with Gasteiger partial charge in [0, 0.05) is 12.0 Å². The molecule has 3 heterocycles. The first kappa shape index (κ1) is 20.9. The SMILES string of the molecule is CC(C)(N)C(=O)Nc1ccc(-c2ccc3nc(N)nc(OC4CCOC4)c3n2)cc1F. The van der Waals surface area contributed by atoms with Crippen LogP contribution in [0.3, 0.4) is 0 Å². The summed E-state index contributed by atoms with van der Waals surface area (Å²) in [4.78, 5) is 25.0. The summed E-state index contributed by atoms with van der Waals surface area (Å²) in [5.74, 6) is -0.764. The third kappa shape index (κ3) is 4.54. The van der Waals surface area contributed by atoms with Gasteiger partial charge in [0.15, 0.2) is 5.52 Å². The van der Waals surface area contributed by atoms with Crippen molar-refractivity contribution in [1.82, 2.24) is 15.0 Å². The zero-order valence-corrected chi connectivity index (χ0v) is 17.2. The summed E-state index contributed by atoms with van der Waals surface area (Å²) in [5, 5.41) is 2.49. The van der Waals surface area contributed by atoms with Gasteiger partial charge in [-0.05, 0) is 38.1 Å². The van der Waals surface area contributed by atoms with E-state index in [-0.39, 0.29) is 23.6 Å². The highest BCUT2D eigenvalue weighted by Crippen LogP contribution is 2.29. The molecule has 0 saturated carbocycles. The Bertz CT molecular complexity index is 1140. The Kier molecular flexibility index (Phi) is 5.42. The normalized spacial score (nSPS) is 16.5. The van der Waals surface area contributed by atoms with Gasteiger partial charge < -0.3 is 26.3 Å². The standard InChI is InChI=1S/C21H23FN6O3/c1-21(2,24)19(29)26-15-4-3-11(9-13(15)22)14-5-6-16-17(25-14)18(28-20(23)27-16)31-12-7-8-30-10-12/h3-6,9,12H,7-8,10,24H2,1-2H3,(H,26,29)(H2,23,27,28). The number of fused-ring (bicyclic) bond motifs is 1. The first-order chi connectivity index (χ1) is 14.7. The lowest BCUT2D eigenvalue weighted by molar-refractivity contribution is -0.120. The zero-order chi connectivity index (χ0) is 22.2. The van der Waals surface area contributed by atoms with Crippen LogP contribution in [0.2, 0.25) is 0 Å². The van der Waals surface area contributed by atoms with E-state index in [9.17, 15) is 9.18 Å². The van der Waals surface area contributed by atoms with Gasteiger partial charge in [-0.25, -0.2) is 14.4 Å². The quantitative estimate of drug-likeness (QED) is 0.565. The molecule has 1 saturated heterocycles. The average Bonchev–Trinajstić information content (AvgIpc) is 3.21. The molecule has 1 unspecified atom stereocenters. The molecule has 1 aliphatic rings. The van der Waals surface area contributed by atoms with Crippen LogP contribution in [-0.4, -0.2) is 45.7 Å². The maximum atomic E-state index is 14.6. The van der Waals surface area contributed by atoms with E-state index in [4.69, 9.17) is 20.9 Å². The van der Waals surface area contributed by atoms with Crippen LogP contribution in [0.15, 0.2) is 30.3 Å². The van der Waals surface area contributed by atoms with Crippen LogP contribution >= 0.6 is 0 Å². The van der Waals surface area contributed by atoms with Gasteiger partial charge in [-0.3, -0.25) is 4.79 Å². The molecule has 0 spiro atoms. The Labute approximate surface area is 178 Å². The number of aromatic nitrogens is 3. The third-order valence-corrected chi connectivity index (χ3v) is 4.79. The number of ether oxygens (including phenoxy) is 2. The summed E-state index contributed by atoms with van der Waals surface area (Å²) in [7, 11) is 0. The van der Waals surface area contributed by atoms with Crippen LogP contribution in [0.5, 0.6) is 5.88 Å². The van der Waals surface area contributed by atoms with E-state index in [2.05, 4.69) is 20.3 Å². The molecule has 2 aromatic heterocycles. The second kappa shape index (κ2) is 8.05. The highest BCUT2D eigenvalue weighted by Gasteiger charge is 2.23. The lowest BCUT2D eigenvalue weighted by atomic mass is 10.1. The van der Waals surface area contributed by atoms with Gasteiger partial charge in [-0.15, -0.1) is 0 Å². The summed E-state index contributed by atoms with van der Waals surface area (Å²) < 4.78 is 25.9. The number of nitrogens with zero attached hydrogens (tertiary/aromatic N) is 3. The lowest BCUT2D eigenvalue weighted by Gasteiger charge is -2.18. The summed E-state index contributed by atoms with van der Waals surface area (Å²) in [5.41, 5.74) is 12.4. The molecule has 10 heteroatoms. The number of amides is 1. The predicted molar refractivity (Wildman–Crippen MR) is 114 cm³/mol. The number of hydrogen-bond acceptors (Lipinski definition) is 8. The van der Waals surface area contributed by atoms with E-state index in [1.54, 1.807) is 32.0 Å². The second-order valence-electron chi connectivity index (χ2n) is 7.93. The fraction of sp³-hybridized carbons (Fsp3) is 0.333. The van der Waals surface area contributed by atoms with Crippen LogP contribution in [0.25, 0.3) is 22.3 Å². The van der Waals surface area contributed by atoms with Gasteiger partial charge in [0.1, 0.15) is 11.9 Å². The predicted octanol–water partition coefficient (Wildman–Crippen LogP) is 2.26. The van der Waals surface area contributed by atoms with E-state index in [1.807, 2.05) is 0 Å². The first-order valence-electron chi connectivity index (χ1n) is 9.79. The molecule has 3 aromatic rings. The van der Waals surface area contributed by atoms with E-state index in [0.717, 1.165) is 6.42 Å². The van der Waals surface area contributed by atoms with Crippen LogP contribution < -0.4 is 21.5 Å². The number of hydrogen-bond donors (Lipinski definition) is 3. The number of halogens is 1. The van der Waals surface area contributed by atoms with Crippen molar-refractivity contribution in [3.05, 3.63) is 36.1 Å². The minimum Gasteiger partial charge on any atom is -0.470 e. The molecule has 1 fully saturated rings. The minimum atomic E-state index is -1.13. The number of benzene rings is 1. The Morgan fingerprint density at radius 2 is 2.06 bits per heavy atom. The number of pyridine rings is 1. The van der Waals surface area contributed by atoms with Crippen LogP contribution in [0, 0.1) is 5.82 Å². The molecule has 4 rings (SSSR count). The second-order valence-corrected chi connectivity index (χ2v) is 7.93. The topological polar surface area (TPSA) is 138 Å². The number of nitrogen functional groups attached to an aromatic ring is 1. The molecule has 1 aromatic carbocycles. The molecule has 0 bridgehead atoms. The Morgan fingerprint density at radius 3 is 2.74 bits per heavy atom. The van der Waals surface area contributed by atoms with Gasteiger partial charge in [-0.2, -0.15) is 4.98 Å². The van der Waals surface area contributed by atoms with Crippen molar-refractivity contribution in [2.24, 2.45) is 5.73 Å². The van der Waals surface area contributed by atoms with Crippen molar-refractivity contribution in [1.29, 1.82) is 0 Å². The monoisotopic (exact) mass is 426 g/mol. The molecule has 0 radical (unpaired) electrons. The first-order valence-corrected chi connectivity index (χ1v) is 9.79. The Balaban J connectivity index is 1.67. The summed E-state index contributed by atoms with van der Waals surface area (Å²) >= 11 is 0. The number of carbonyl (C=O) groups is 1. The molecule has 31 heavy (non-hydrogen) atoms. The maximum absolute atomic E-state index is 14.6. The number of anilines is 2. The highest BCUT2D eigenvalue weighted by atomic mass is 19.1. The third-order valence-electron chi connectivity index (χ3n) is 4.79. The van der Waals surface area contributed by atoms with Crippen LogP contribution in [-0.2, 0) is 9.53 Å². The van der Waals surface area contributed by atoms with Crippen molar-refractivity contribution in [3.63, 3.8) is 0 Å². The Morgan fingerprint density at radius 1 is 1.26 bits per heavy atom. The molecular formula is C21H23FN6O3. The largest absolute Gasteiger partial charge is 0.470 e. The molecule has 1 aliphatic heterocycles. The van der Waals surface area contributed by atoms with Crippen molar-refractivity contribution in [3.8, 4) is 17.1 Å². The van der Waals surface area contributed by atoms with E-state index in [1.165, 1.54) is 12.1 Å². The fourth-order valence-electron chi connectivity index (χ4n) is 3.07. The molecule has 162 valence electrons. The molecule has 1 amide bonds. The lowest BCUT2D eigenvalue weighted by Crippen LogP contribution is -2.45. The van der Waals surface area contributed by atoms with Gasteiger partial charge >= 0.3 is 0 Å². The molecule has 0 aliphatic carbocycles. The highest BCUT2D eigenvalue weighted by molar-refractivity contribution is 5.97. The molecule has 9 nitrogen and oxygen atoms in total. The van der Waals surface area contributed by atoms with Crippen molar-refractivity contribution >= 4 is 28.6 Å². The van der Waals surface area contributed by atoms with Crippen LogP contribution in [0.4, 0.5) is 16.0 Å². The fourth-order valence-corrected chi connectivity index (χ4v) is 3.07. The van der Waals surface area contributed by atoms with Gasteiger partial charge in [-0.1, -0.05) is 6.07 Å². The van der Waals surface area contributed by atoms with Crippen molar-refractivity contribution in [2.45, 2.75) is 31.9 Å². The van der Waals surface area contributed by atoms with E-state index < -0.39 is 17.3 Å². The number of nitrogens with one attached hydrogen (secondary N) is 1. The van der Waals surface area contributed by atoms with E-state index >= 15 is 0 Å². The number of nitrogens with two attached hydrogens (primary N) is 2. The van der Waals surface area contributed by atoms with E-state index in [0.29, 0.717) is 35.5 Å². The molecule has 5 N–H and O–H groups in total. The van der Waals surface area contributed by atoms with Crippen molar-refractivity contribution < 1.29 is 18.7 Å². The van der Waals surface area contributed by atoms with Crippen LogP contribution in [0.1, 0.15) is 20.3 Å². The number of carbonyl (C=O) groups excluding carboxylic acids is 1. The minimum absolute atomic E-state index is 0.0365. The Hall–Kier alpha value is -3.37. The summed E-state index contributed by atoms with van der Waals surface area (Å²) in [6, 6.07) is 7.83. The number of rotatable bonds is 5. The van der Waals surface area contributed by atoms with Gasteiger partial charge in [0.25, 0.3) is 0 Å². The van der Waals surface area contributed by atoms with Crippen molar-refractivity contribution in [2.75, 3.05) is 24.3 Å². The smallest absolute Gasteiger partial charge is 0.245 e. The summed E-state index contributed by atoms with van der Waals surface area (Å²) in [6.45, 7) is 4.16. The molecular weight excluding hydrogens is 403 g/mol. The summed E-state index contributed by atoms with van der Waals surface area (Å²) in [6.07, 6.45) is 0.596. The van der Waals surface area contributed by atoms with Gasteiger partial charge in [0.05, 0.1) is 35.7 Å². The average molecular weight is 426 g/mol. The molecule has 1 atom stereocenters. The maximum Gasteiger partial charge on any atom is 0.245 e. The zero-order valence-electron chi connectivity index (χ0n) is 17.2. The van der Waals surface area contributed by atoms with Gasteiger partial charge in [0.2, 0.25) is 17.7 Å².